The molecule has 2 aliphatic rings. The molecule has 2 N–H and O–H groups in total. The van der Waals surface area contributed by atoms with Crippen LogP contribution in [-0.2, 0) is 9.59 Å². The zero-order valence-electron chi connectivity index (χ0n) is 17.6. The lowest BCUT2D eigenvalue weighted by atomic mass is 9.96. The summed E-state index contributed by atoms with van der Waals surface area (Å²) in [5.74, 6) is -0.857. The molecule has 1 unspecified atom stereocenters. The molecule has 162 valence electrons. The van der Waals surface area contributed by atoms with E-state index in [2.05, 4.69) is 5.10 Å². The molecule has 2 aliphatic heterocycles. The first kappa shape index (κ1) is 21.2. The normalized spacial score (nSPS) is 20.0. The number of benzene rings is 2. The third-order valence-electron chi connectivity index (χ3n) is 6.13. The number of hydrogen-bond acceptors (Lipinski definition) is 4. The third kappa shape index (κ3) is 4.82. The molecular weight excluding hydrogens is 395 g/mol. The Labute approximate surface area is 181 Å². The van der Waals surface area contributed by atoms with E-state index in [1.54, 1.807) is 6.07 Å². The van der Waals surface area contributed by atoms with E-state index in [-0.39, 0.29) is 36.1 Å². The van der Waals surface area contributed by atoms with Crippen molar-refractivity contribution in [3.8, 4) is 0 Å². The lowest BCUT2D eigenvalue weighted by Crippen LogP contribution is -2.44. The van der Waals surface area contributed by atoms with Crippen LogP contribution in [0.25, 0.3) is 0 Å². The van der Waals surface area contributed by atoms with Crippen LogP contribution >= 0.6 is 0 Å². The highest BCUT2D eigenvalue weighted by Gasteiger charge is 2.34. The van der Waals surface area contributed by atoms with Gasteiger partial charge in [-0.1, -0.05) is 42.0 Å². The van der Waals surface area contributed by atoms with Gasteiger partial charge in [-0.05, 0) is 56.1 Å². The highest BCUT2D eigenvalue weighted by Crippen LogP contribution is 2.33. The molecule has 1 atom stereocenters. The number of piperidine rings is 1. The number of carbonyl (C=O) groups excluding carboxylic acids is 2. The van der Waals surface area contributed by atoms with Gasteiger partial charge in [0.25, 0.3) is 5.91 Å². The maximum Gasteiger partial charge on any atom is 0.257 e. The zero-order valence-corrected chi connectivity index (χ0v) is 17.6. The first-order valence-electron chi connectivity index (χ1n) is 10.6. The van der Waals surface area contributed by atoms with Crippen LogP contribution in [-0.4, -0.2) is 47.1 Å². The van der Waals surface area contributed by atoms with Crippen molar-refractivity contribution >= 4 is 17.5 Å². The topological polar surface area (TPSA) is 79.0 Å². The number of rotatable bonds is 5. The summed E-state index contributed by atoms with van der Waals surface area (Å²) < 4.78 is 13.9. The van der Waals surface area contributed by atoms with E-state index >= 15 is 0 Å². The van der Waals surface area contributed by atoms with Crippen LogP contribution in [0, 0.1) is 18.7 Å². The molecule has 0 aliphatic carbocycles. The third-order valence-corrected chi connectivity index (χ3v) is 6.13. The van der Waals surface area contributed by atoms with Crippen LogP contribution in [0.1, 0.15) is 42.0 Å². The van der Waals surface area contributed by atoms with Gasteiger partial charge in [-0.2, -0.15) is 5.10 Å². The molecule has 0 spiro atoms. The molecule has 2 amide bonds. The van der Waals surface area contributed by atoms with Gasteiger partial charge in [-0.15, -0.1) is 0 Å². The molecule has 2 aromatic rings. The highest BCUT2D eigenvalue weighted by molar-refractivity contribution is 6.03. The van der Waals surface area contributed by atoms with Gasteiger partial charge in [0.2, 0.25) is 5.91 Å². The van der Waals surface area contributed by atoms with Gasteiger partial charge in [-0.3, -0.25) is 14.5 Å². The number of hydrogen-bond donors (Lipinski definition) is 1. The second-order valence-corrected chi connectivity index (χ2v) is 8.38. The van der Waals surface area contributed by atoms with Gasteiger partial charge < -0.3 is 5.73 Å². The quantitative estimate of drug-likeness (QED) is 0.805. The molecular formula is C24H27FN4O2. The lowest BCUT2D eigenvalue weighted by Gasteiger charge is -2.31. The molecule has 2 heterocycles. The number of halogens is 1. The van der Waals surface area contributed by atoms with Crippen LogP contribution in [0.5, 0.6) is 0 Å². The Balaban J connectivity index is 1.54. The molecule has 2 aromatic carbocycles. The fourth-order valence-corrected chi connectivity index (χ4v) is 4.27. The standard InChI is InChI=1S/C24H27FN4O2/c1-16-5-7-17(8-6-16)21-14-22(19-3-2-4-20(25)13-19)29(27-21)23(30)15-28-11-9-18(10-12-28)24(26)31/h2-8,13,18,22H,9-12,14-15H2,1H3,(H2,26,31). The van der Waals surface area contributed by atoms with Gasteiger partial charge >= 0.3 is 0 Å². The average Bonchev–Trinajstić information content (AvgIpc) is 3.20. The summed E-state index contributed by atoms with van der Waals surface area (Å²) in [6.07, 6.45) is 1.85. The second-order valence-electron chi connectivity index (χ2n) is 8.38. The number of hydrazone groups is 1. The predicted octanol–water partition coefficient (Wildman–Crippen LogP) is 3.01. The first-order valence-corrected chi connectivity index (χ1v) is 10.6. The zero-order chi connectivity index (χ0) is 22.0. The summed E-state index contributed by atoms with van der Waals surface area (Å²) in [5, 5.41) is 6.17. The smallest absolute Gasteiger partial charge is 0.257 e. The summed E-state index contributed by atoms with van der Waals surface area (Å²) >= 11 is 0. The number of likely N-dealkylation sites (tertiary alicyclic amines) is 1. The van der Waals surface area contributed by atoms with Gasteiger partial charge in [0.1, 0.15) is 5.82 Å². The van der Waals surface area contributed by atoms with Crippen molar-refractivity contribution in [3.63, 3.8) is 0 Å². The van der Waals surface area contributed by atoms with Crippen molar-refractivity contribution < 1.29 is 14.0 Å². The van der Waals surface area contributed by atoms with E-state index in [0.717, 1.165) is 22.4 Å². The minimum Gasteiger partial charge on any atom is -0.369 e. The van der Waals surface area contributed by atoms with E-state index in [4.69, 9.17) is 5.73 Å². The SMILES string of the molecule is Cc1ccc(C2=NN(C(=O)CN3CCC(C(N)=O)CC3)C(c3cccc(F)c3)C2)cc1. The lowest BCUT2D eigenvalue weighted by molar-refractivity contribution is -0.134. The Morgan fingerprint density at radius 3 is 2.48 bits per heavy atom. The fourth-order valence-electron chi connectivity index (χ4n) is 4.27. The Morgan fingerprint density at radius 2 is 1.84 bits per heavy atom. The fraction of sp³-hybridized carbons (Fsp3) is 0.375. The summed E-state index contributed by atoms with van der Waals surface area (Å²) in [6.45, 7) is 3.52. The van der Waals surface area contributed by atoms with Crippen LogP contribution in [0.2, 0.25) is 0 Å². The van der Waals surface area contributed by atoms with Gasteiger partial charge in [0.15, 0.2) is 0 Å². The van der Waals surface area contributed by atoms with E-state index in [1.807, 2.05) is 42.2 Å². The van der Waals surface area contributed by atoms with Crippen molar-refractivity contribution in [3.05, 3.63) is 71.0 Å². The molecule has 6 nitrogen and oxygen atoms in total. The largest absolute Gasteiger partial charge is 0.369 e. The molecule has 1 saturated heterocycles. The van der Waals surface area contributed by atoms with E-state index in [0.29, 0.717) is 32.4 Å². The minimum atomic E-state index is -0.345. The van der Waals surface area contributed by atoms with E-state index in [9.17, 15) is 14.0 Å². The number of primary amides is 1. The molecule has 0 bridgehead atoms. The maximum atomic E-state index is 13.9. The van der Waals surface area contributed by atoms with Crippen molar-refractivity contribution in [1.29, 1.82) is 0 Å². The van der Waals surface area contributed by atoms with Crippen molar-refractivity contribution in [1.82, 2.24) is 9.91 Å². The summed E-state index contributed by atoms with van der Waals surface area (Å²) in [5.41, 5.74) is 9.06. The van der Waals surface area contributed by atoms with E-state index in [1.165, 1.54) is 17.1 Å². The number of nitrogens with two attached hydrogens (primary N) is 1. The predicted molar refractivity (Wildman–Crippen MR) is 117 cm³/mol. The summed E-state index contributed by atoms with van der Waals surface area (Å²) in [7, 11) is 0. The van der Waals surface area contributed by atoms with Crippen LogP contribution in [0.3, 0.4) is 0 Å². The van der Waals surface area contributed by atoms with Crippen LogP contribution < -0.4 is 5.73 Å². The van der Waals surface area contributed by atoms with Gasteiger partial charge in [-0.25, -0.2) is 9.40 Å². The van der Waals surface area contributed by atoms with Crippen molar-refractivity contribution in [2.45, 2.75) is 32.2 Å². The highest BCUT2D eigenvalue weighted by atomic mass is 19.1. The van der Waals surface area contributed by atoms with E-state index < -0.39 is 0 Å². The molecule has 4 rings (SSSR count). The van der Waals surface area contributed by atoms with Crippen molar-refractivity contribution in [2.75, 3.05) is 19.6 Å². The first-order chi connectivity index (χ1) is 14.9. The van der Waals surface area contributed by atoms with Gasteiger partial charge in [0.05, 0.1) is 18.3 Å². The molecule has 1 fully saturated rings. The Kier molecular flexibility index (Phi) is 6.13. The van der Waals surface area contributed by atoms with Gasteiger partial charge in [0, 0.05) is 12.3 Å². The number of nitrogens with zero attached hydrogens (tertiary/aromatic N) is 3. The molecule has 0 aromatic heterocycles. The number of carbonyl (C=O) groups is 2. The van der Waals surface area contributed by atoms with Crippen molar-refractivity contribution in [2.24, 2.45) is 16.8 Å². The Morgan fingerprint density at radius 1 is 1.13 bits per heavy atom. The Bertz CT molecular complexity index is 997. The Hall–Kier alpha value is -3.06. The monoisotopic (exact) mass is 422 g/mol. The average molecular weight is 423 g/mol. The van der Waals surface area contributed by atoms with Crippen LogP contribution in [0.15, 0.2) is 53.6 Å². The summed E-state index contributed by atoms with van der Waals surface area (Å²) in [4.78, 5) is 26.6. The molecule has 31 heavy (non-hydrogen) atoms. The minimum absolute atomic E-state index is 0.121. The molecule has 0 radical (unpaired) electrons. The van der Waals surface area contributed by atoms with Crippen LogP contribution in [0.4, 0.5) is 4.39 Å². The number of aryl methyl sites for hydroxylation is 1. The molecule has 0 saturated carbocycles. The molecule has 7 heteroatoms. The summed E-state index contributed by atoms with van der Waals surface area (Å²) in [6, 6.07) is 14.0. The number of amides is 2. The maximum absolute atomic E-state index is 13.9. The second kappa shape index (κ2) is 8.98.